The molecule has 2 aromatic heterocycles. The summed E-state index contributed by atoms with van der Waals surface area (Å²) in [6.07, 6.45) is -1.64. The number of nitrogens with one attached hydrogen (secondary N) is 1. The largest absolute Gasteiger partial charge is 0.418 e. The average Bonchev–Trinajstić information content (AvgIpc) is 3.63. The summed E-state index contributed by atoms with van der Waals surface area (Å²) in [7, 11) is 0. The zero-order valence-electron chi connectivity index (χ0n) is 24.1. The van der Waals surface area contributed by atoms with Gasteiger partial charge in [0.15, 0.2) is 5.57 Å². The second-order valence-corrected chi connectivity index (χ2v) is 11.6. The molecule has 232 valence electrons. The summed E-state index contributed by atoms with van der Waals surface area (Å²) in [5.41, 5.74) is -0.321. The first-order valence-corrected chi connectivity index (χ1v) is 15.2. The summed E-state index contributed by atoms with van der Waals surface area (Å²) in [5, 5.41) is 17.8. The first-order valence-electron chi connectivity index (χ1n) is 14.0. The number of nitriles is 1. The second-order valence-electron chi connectivity index (χ2n) is 10.1. The van der Waals surface area contributed by atoms with Crippen molar-refractivity contribution in [2.24, 2.45) is 0 Å². The molecule has 12 heteroatoms. The van der Waals surface area contributed by atoms with Crippen molar-refractivity contribution in [2.75, 3.05) is 5.32 Å². The molecule has 0 spiro atoms. The van der Waals surface area contributed by atoms with Crippen LogP contribution in [-0.4, -0.2) is 20.3 Å². The lowest BCUT2D eigenvalue weighted by Crippen LogP contribution is -2.33. The van der Waals surface area contributed by atoms with Crippen molar-refractivity contribution in [3.8, 4) is 28.7 Å². The Morgan fingerprint density at radius 1 is 0.936 bits per heavy atom. The molecule has 4 aromatic carbocycles. The molecule has 1 amide bonds. The zero-order valence-corrected chi connectivity index (χ0v) is 25.6. The molecule has 0 aliphatic carbocycles. The third-order valence-corrected chi connectivity index (χ3v) is 8.33. The number of thiazole rings is 1. The summed E-state index contributed by atoms with van der Waals surface area (Å²) < 4.78 is 44.8. The topological polar surface area (TPSA) is 92.7 Å². The van der Waals surface area contributed by atoms with Gasteiger partial charge in [-0.2, -0.15) is 23.5 Å². The van der Waals surface area contributed by atoms with E-state index in [1.54, 1.807) is 29.1 Å². The van der Waals surface area contributed by atoms with Crippen molar-refractivity contribution >= 4 is 46.2 Å². The third kappa shape index (κ3) is 6.51. The molecule has 2 heterocycles. The number of hydrogen-bond acceptors (Lipinski definition) is 5. The molecule has 0 saturated carbocycles. The summed E-state index contributed by atoms with van der Waals surface area (Å²) in [5.74, 6) is -0.928. The van der Waals surface area contributed by atoms with Crippen molar-refractivity contribution < 1.29 is 18.0 Å². The Labute approximate surface area is 274 Å². The highest BCUT2D eigenvalue weighted by Crippen LogP contribution is 2.33. The summed E-state index contributed by atoms with van der Waals surface area (Å²) in [6, 6.07) is 30.9. The lowest BCUT2D eigenvalue weighted by atomic mass is 10.1. The van der Waals surface area contributed by atoms with Gasteiger partial charge in [0, 0.05) is 28.0 Å². The molecule has 0 bridgehead atoms. The molecule has 0 fully saturated rings. The van der Waals surface area contributed by atoms with Gasteiger partial charge in [0.25, 0.3) is 11.5 Å². The fraction of sp³-hybridized carbons (Fsp3) is 0.0286. The van der Waals surface area contributed by atoms with Crippen LogP contribution in [0.25, 0.3) is 34.3 Å². The Hall–Kier alpha value is -5.70. The summed E-state index contributed by atoms with van der Waals surface area (Å²) >= 11 is 6.76. The Balaban J connectivity index is 1.64. The Bertz CT molecular complexity index is 2340. The van der Waals surface area contributed by atoms with Gasteiger partial charge >= 0.3 is 6.18 Å². The number of nitrogens with zero attached hydrogens (tertiary/aromatic N) is 4. The number of anilines is 1. The number of amides is 1. The van der Waals surface area contributed by atoms with Crippen LogP contribution in [0.1, 0.15) is 11.1 Å². The fourth-order valence-electron chi connectivity index (χ4n) is 4.90. The normalized spacial score (nSPS) is 12.4. The van der Waals surface area contributed by atoms with Gasteiger partial charge in [-0.3, -0.25) is 14.2 Å². The van der Waals surface area contributed by atoms with Gasteiger partial charge in [-0.15, -0.1) is 11.3 Å². The zero-order chi connectivity index (χ0) is 33.1. The van der Waals surface area contributed by atoms with Crippen molar-refractivity contribution in [2.45, 2.75) is 6.18 Å². The number of hydrogen-bond donors (Lipinski definition) is 1. The summed E-state index contributed by atoms with van der Waals surface area (Å²) in [6.45, 7) is 0. The minimum absolute atomic E-state index is 0.0231. The van der Waals surface area contributed by atoms with E-state index in [9.17, 15) is 28.0 Å². The van der Waals surface area contributed by atoms with Gasteiger partial charge in [0.2, 0.25) is 0 Å². The van der Waals surface area contributed by atoms with Crippen LogP contribution in [0.4, 0.5) is 18.9 Å². The van der Waals surface area contributed by atoms with E-state index in [4.69, 9.17) is 16.7 Å². The highest BCUT2D eigenvalue weighted by atomic mass is 35.5. The van der Waals surface area contributed by atoms with Crippen LogP contribution in [0.5, 0.6) is 0 Å². The maximum atomic E-state index is 14.2. The van der Waals surface area contributed by atoms with Gasteiger partial charge in [-0.1, -0.05) is 78.3 Å². The maximum absolute atomic E-state index is 14.2. The summed E-state index contributed by atoms with van der Waals surface area (Å²) in [4.78, 5) is 27.6. The van der Waals surface area contributed by atoms with E-state index in [1.807, 2.05) is 60.7 Å². The first-order chi connectivity index (χ1) is 22.6. The number of para-hydroxylation sites is 2. The fourth-order valence-corrected chi connectivity index (χ4v) is 6.18. The molecule has 7 nitrogen and oxygen atoms in total. The molecule has 1 N–H and O–H groups in total. The van der Waals surface area contributed by atoms with Crippen molar-refractivity contribution in [1.82, 2.24) is 14.3 Å². The standard InChI is InChI=1S/C35H21ClF3N5O2S/c36-24-12-9-13-25(19-24)41-32(45)27(20-40)34-44(29-17-8-7-16-28(29)35(37,38)39)33(46)30(47-34)18-23-21-43(26-14-5-2-6-15-26)42-31(23)22-10-3-1-4-11-22/h1-19,21H,(H,41,45). The van der Waals surface area contributed by atoms with Crippen LogP contribution in [0, 0.1) is 11.3 Å². The number of carbonyl (C=O) groups excluding carboxylic acids is 1. The second kappa shape index (κ2) is 13.0. The number of carbonyl (C=O) groups is 1. The maximum Gasteiger partial charge on any atom is 0.418 e. The van der Waals surface area contributed by atoms with Crippen molar-refractivity contribution in [3.63, 3.8) is 0 Å². The predicted molar refractivity (Wildman–Crippen MR) is 176 cm³/mol. The van der Waals surface area contributed by atoms with Crippen molar-refractivity contribution in [1.29, 1.82) is 5.26 Å². The van der Waals surface area contributed by atoms with Crippen LogP contribution < -0.4 is 20.1 Å². The van der Waals surface area contributed by atoms with Crippen LogP contribution in [0.2, 0.25) is 5.02 Å². The molecule has 0 atom stereocenters. The van der Waals surface area contributed by atoms with E-state index in [0.29, 0.717) is 16.3 Å². The van der Waals surface area contributed by atoms with E-state index < -0.39 is 34.5 Å². The smallest absolute Gasteiger partial charge is 0.321 e. The van der Waals surface area contributed by atoms with Gasteiger partial charge in [0.1, 0.15) is 10.7 Å². The van der Waals surface area contributed by atoms with E-state index in [1.165, 1.54) is 30.3 Å². The molecule has 0 saturated heterocycles. The van der Waals surface area contributed by atoms with Gasteiger partial charge in [-0.05, 0) is 48.5 Å². The molecular formula is C35H21ClF3N5O2S. The molecule has 6 aromatic rings. The predicted octanol–water partition coefficient (Wildman–Crippen LogP) is 6.57. The average molecular weight is 668 g/mol. The Morgan fingerprint density at radius 3 is 2.30 bits per heavy atom. The highest BCUT2D eigenvalue weighted by molar-refractivity contribution is 7.07. The first kappa shape index (κ1) is 31.3. The van der Waals surface area contributed by atoms with E-state index in [0.717, 1.165) is 39.3 Å². The minimum Gasteiger partial charge on any atom is -0.321 e. The Kier molecular flexibility index (Phi) is 8.63. The van der Waals surface area contributed by atoms with Gasteiger partial charge < -0.3 is 5.32 Å². The number of rotatable bonds is 6. The van der Waals surface area contributed by atoms with E-state index in [2.05, 4.69) is 5.32 Å². The van der Waals surface area contributed by atoms with Gasteiger partial charge in [0.05, 0.1) is 27.2 Å². The number of halogens is 4. The third-order valence-electron chi connectivity index (χ3n) is 7.01. The van der Waals surface area contributed by atoms with Crippen LogP contribution in [0.15, 0.2) is 120 Å². The highest BCUT2D eigenvalue weighted by Gasteiger charge is 2.34. The molecule has 0 aliphatic heterocycles. The number of benzene rings is 4. The lowest BCUT2D eigenvalue weighted by molar-refractivity contribution is -0.137. The molecular weight excluding hydrogens is 647 g/mol. The van der Waals surface area contributed by atoms with Gasteiger partial charge in [-0.25, -0.2) is 4.68 Å². The molecule has 6 rings (SSSR count). The minimum atomic E-state index is -4.84. The van der Waals surface area contributed by atoms with Crippen LogP contribution in [-0.2, 0) is 11.0 Å². The molecule has 0 aliphatic rings. The van der Waals surface area contributed by atoms with Crippen LogP contribution in [0.3, 0.4) is 0 Å². The number of aromatic nitrogens is 3. The number of alkyl halides is 3. The van der Waals surface area contributed by atoms with Crippen molar-refractivity contribution in [3.05, 3.63) is 151 Å². The SMILES string of the molecule is N#CC(C(=O)Nc1cccc(Cl)c1)=c1sc(=Cc2cn(-c3ccccc3)nc2-c2ccccc2)c(=O)n1-c1ccccc1C(F)(F)F. The van der Waals surface area contributed by atoms with Crippen LogP contribution >= 0.6 is 22.9 Å². The monoisotopic (exact) mass is 667 g/mol. The molecule has 0 radical (unpaired) electrons. The molecule has 47 heavy (non-hydrogen) atoms. The quantitative estimate of drug-likeness (QED) is 0.218. The lowest BCUT2D eigenvalue weighted by Gasteiger charge is -2.13. The molecule has 0 unspecified atom stereocenters. The van der Waals surface area contributed by atoms with E-state index >= 15 is 0 Å². The Morgan fingerprint density at radius 2 is 1.62 bits per heavy atom. The van der Waals surface area contributed by atoms with E-state index in [-0.39, 0.29) is 14.9 Å².